The molecule has 0 aliphatic heterocycles. The lowest BCUT2D eigenvalue weighted by Gasteiger charge is -2.21. The van der Waals surface area contributed by atoms with Crippen molar-refractivity contribution in [2.75, 3.05) is 6.54 Å². The molecule has 0 amide bonds. The Bertz CT molecular complexity index is 396. The fourth-order valence-electron chi connectivity index (χ4n) is 2.11. The highest BCUT2D eigenvalue weighted by Gasteiger charge is 2.29. The first-order valence-electron chi connectivity index (χ1n) is 6.00. The van der Waals surface area contributed by atoms with Gasteiger partial charge in [-0.05, 0) is 42.5 Å². The second-order valence-electron chi connectivity index (χ2n) is 4.51. The molecule has 0 atom stereocenters. The van der Waals surface area contributed by atoms with E-state index in [1.54, 1.807) is 6.07 Å². The number of hydrogen-bond acceptors (Lipinski definition) is 3. The Balaban J connectivity index is 2.18. The van der Waals surface area contributed by atoms with E-state index in [4.69, 9.17) is 0 Å². The highest BCUT2D eigenvalue weighted by atomic mass is 19.1. The molecule has 17 heavy (non-hydrogen) atoms. The third-order valence-corrected chi connectivity index (χ3v) is 3.23. The van der Waals surface area contributed by atoms with Gasteiger partial charge < -0.3 is 10.0 Å². The van der Waals surface area contributed by atoms with E-state index in [2.05, 4.69) is 11.8 Å². The normalized spacial score (nSPS) is 15.4. The van der Waals surface area contributed by atoms with Gasteiger partial charge in [0.2, 0.25) is 0 Å². The van der Waals surface area contributed by atoms with E-state index in [0.29, 0.717) is 12.6 Å². The molecule has 0 bridgehead atoms. The molecule has 1 aromatic rings. The van der Waals surface area contributed by atoms with Gasteiger partial charge in [-0.2, -0.15) is 0 Å². The molecule has 0 aromatic heterocycles. The Kier molecular flexibility index (Phi) is 3.81. The van der Waals surface area contributed by atoms with E-state index < -0.39 is 12.9 Å². The lowest BCUT2D eigenvalue weighted by atomic mass is 9.77. The minimum Gasteiger partial charge on any atom is -0.423 e. The largest absolute Gasteiger partial charge is 0.488 e. The third kappa shape index (κ3) is 3.06. The Morgan fingerprint density at radius 2 is 2.12 bits per heavy atom. The number of nitrogens with zero attached hydrogens (tertiary/aromatic N) is 1. The first-order chi connectivity index (χ1) is 8.11. The van der Waals surface area contributed by atoms with Gasteiger partial charge in [0.15, 0.2) is 0 Å². The lowest BCUT2D eigenvalue weighted by molar-refractivity contribution is 0.269. The van der Waals surface area contributed by atoms with Crippen LogP contribution in [0.3, 0.4) is 0 Å². The van der Waals surface area contributed by atoms with Crippen molar-refractivity contribution in [3.8, 4) is 0 Å². The van der Waals surface area contributed by atoms with Gasteiger partial charge in [0.25, 0.3) is 0 Å². The van der Waals surface area contributed by atoms with Gasteiger partial charge >= 0.3 is 7.12 Å². The van der Waals surface area contributed by atoms with E-state index in [1.807, 2.05) is 0 Å². The van der Waals surface area contributed by atoms with Crippen LogP contribution in [0.1, 0.15) is 25.3 Å². The molecule has 5 heteroatoms. The van der Waals surface area contributed by atoms with Gasteiger partial charge in [0.1, 0.15) is 5.82 Å². The molecule has 1 aliphatic rings. The maximum Gasteiger partial charge on any atom is 0.488 e. The second-order valence-corrected chi connectivity index (χ2v) is 4.51. The van der Waals surface area contributed by atoms with Crippen LogP contribution in [-0.4, -0.2) is 34.7 Å². The van der Waals surface area contributed by atoms with Crippen LogP contribution in [0.4, 0.5) is 4.39 Å². The molecule has 0 radical (unpaired) electrons. The topological polar surface area (TPSA) is 43.7 Å². The van der Waals surface area contributed by atoms with Gasteiger partial charge in [-0.25, -0.2) is 4.39 Å². The Morgan fingerprint density at radius 3 is 2.65 bits per heavy atom. The van der Waals surface area contributed by atoms with Crippen molar-refractivity contribution >= 4 is 12.6 Å². The molecule has 1 aliphatic carbocycles. The quantitative estimate of drug-likeness (QED) is 0.732. The summed E-state index contributed by atoms with van der Waals surface area (Å²) in [4.78, 5) is 2.28. The van der Waals surface area contributed by atoms with Crippen LogP contribution in [0.5, 0.6) is 0 Å². The van der Waals surface area contributed by atoms with Gasteiger partial charge in [0, 0.05) is 12.6 Å². The van der Waals surface area contributed by atoms with Crippen LogP contribution in [0.25, 0.3) is 0 Å². The molecule has 0 spiro atoms. The predicted molar refractivity (Wildman–Crippen MR) is 65.3 cm³/mol. The van der Waals surface area contributed by atoms with Gasteiger partial charge in [0.05, 0.1) is 0 Å². The molecule has 1 aromatic carbocycles. The third-order valence-electron chi connectivity index (χ3n) is 3.23. The zero-order chi connectivity index (χ0) is 12.4. The van der Waals surface area contributed by atoms with Crippen molar-refractivity contribution in [3.63, 3.8) is 0 Å². The van der Waals surface area contributed by atoms with Crippen LogP contribution in [0.2, 0.25) is 0 Å². The first-order valence-corrected chi connectivity index (χ1v) is 6.00. The van der Waals surface area contributed by atoms with Gasteiger partial charge in [-0.3, -0.25) is 4.90 Å². The summed E-state index contributed by atoms with van der Waals surface area (Å²) in [6.07, 6.45) is 2.40. The molecule has 92 valence electrons. The minimum absolute atomic E-state index is 0.268. The lowest BCUT2D eigenvalue weighted by Crippen LogP contribution is -2.36. The summed E-state index contributed by atoms with van der Waals surface area (Å²) < 4.78 is 13.1. The summed E-state index contributed by atoms with van der Waals surface area (Å²) in [6.45, 7) is 3.65. The molecule has 0 unspecified atom stereocenters. The highest BCUT2D eigenvalue weighted by molar-refractivity contribution is 6.59. The average molecular weight is 237 g/mol. The Labute approximate surface area is 101 Å². The van der Waals surface area contributed by atoms with E-state index in [0.717, 1.165) is 12.1 Å². The van der Waals surface area contributed by atoms with Crippen molar-refractivity contribution in [2.45, 2.75) is 32.4 Å². The van der Waals surface area contributed by atoms with Crippen molar-refractivity contribution in [3.05, 3.63) is 29.6 Å². The van der Waals surface area contributed by atoms with Crippen molar-refractivity contribution in [1.82, 2.24) is 4.90 Å². The molecular formula is C12H17BFNO2. The summed E-state index contributed by atoms with van der Waals surface area (Å²) >= 11 is 0. The van der Waals surface area contributed by atoms with Gasteiger partial charge in [-0.15, -0.1) is 0 Å². The molecule has 2 N–H and O–H groups in total. The van der Waals surface area contributed by atoms with E-state index in [1.165, 1.54) is 25.0 Å². The summed E-state index contributed by atoms with van der Waals surface area (Å²) in [7, 11) is -1.61. The van der Waals surface area contributed by atoms with E-state index in [9.17, 15) is 14.4 Å². The highest BCUT2D eigenvalue weighted by Crippen LogP contribution is 2.27. The summed E-state index contributed by atoms with van der Waals surface area (Å²) in [5, 5.41) is 18.5. The first kappa shape index (κ1) is 12.5. The molecular weight excluding hydrogens is 220 g/mol. The Hall–Kier alpha value is -0.905. The number of benzene rings is 1. The summed E-state index contributed by atoms with van der Waals surface area (Å²) in [6, 6.07) is 4.80. The average Bonchev–Trinajstić information content (AvgIpc) is 3.11. The zero-order valence-electron chi connectivity index (χ0n) is 9.93. The molecule has 0 saturated heterocycles. The van der Waals surface area contributed by atoms with Crippen LogP contribution >= 0.6 is 0 Å². The van der Waals surface area contributed by atoms with Crippen LogP contribution in [0.15, 0.2) is 18.2 Å². The molecule has 2 rings (SSSR count). The minimum atomic E-state index is -1.61. The fourth-order valence-corrected chi connectivity index (χ4v) is 2.11. The van der Waals surface area contributed by atoms with Crippen molar-refractivity contribution in [1.29, 1.82) is 0 Å². The van der Waals surface area contributed by atoms with Crippen molar-refractivity contribution in [2.24, 2.45) is 0 Å². The maximum absolute atomic E-state index is 13.1. The fraction of sp³-hybridized carbons (Fsp3) is 0.500. The Morgan fingerprint density at radius 1 is 1.41 bits per heavy atom. The smallest absolute Gasteiger partial charge is 0.423 e. The van der Waals surface area contributed by atoms with Crippen LogP contribution < -0.4 is 5.46 Å². The number of hydrogen-bond donors (Lipinski definition) is 2. The second kappa shape index (κ2) is 5.17. The summed E-state index contributed by atoms with van der Waals surface area (Å²) in [5.74, 6) is -0.439. The number of halogens is 1. The van der Waals surface area contributed by atoms with E-state index in [-0.39, 0.29) is 5.46 Å². The van der Waals surface area contributed by atoms with Gasteiger partial charge in [-0.1, -0.05) is 13.0 Å². The monoisotopic (exact) mass is 237 g/mol. The van der Waals surface area contributed by atoms with Crippen LogP contribution in [0, 0.1) is 5.82 Å². The maximum atomic E-state index is 13.1. The molecule has 0 heterocycles. The van der Waals surface area contributed by atoms with Crippen LogP contribution in [-0.2, 0) is 6.54 Å². The standard InChI is InChI=1S/C12H17BFNO2/c1-2-15(11-5-6-11)8-9-3-4-10(14)7-12(9)13(16)17/h3-4,7,11,16-17H,2,5-6,8H2,1H3. The number of rotatable bonds is 5. The van der Waals surface area contributed by atoms with Crippen molar-refractivity contribution < 1.29 is 14.4 Å². The molecule has 1 fully saturated rings. The molecule has 1 saturated carbocycles. The van der Waals surface area contributed by atoms with E-state index >= 15 is 0 Å². The predicted octanol–water partition coefficient (Wildman–Crippen LogP) is 0.490. The SMILES string of the molecule is CCN(Cc1ccc(F)cc1B(O)O)C1CC1. The molecule has 3 nitrogen and oxygen atoms in total. The summed E-state index contributed by atoms with van der Waals surface area (Å²) in [5.41, 5.74) is 1.05. The zero-order valence-corrected chi connectivity index (χ0v) is 9.93.